The zero-order valence-electron chi connectivity index (χ0n) is 14.6. The summed E-state index contributed by atoms with van der Waals surface area (Å²) in [5.74, 6) is -0.215. The van der Waals surface area contributed by atoms with Gasteiger partial charge in [-0.2, -0.15) is 0 Å². The molecule has 0 spiro atoms. The first kappa shape index (κ1) is 17.9. The van der Waals surface area contributed by atoms with Crippen molar-refractivity contribution in [1.82, 2.24) is 10.3 Å². The molecule has 4 rings (SSSR count). The maximum Gasteiger partial charge on any atom is 0.267 e. The molecule has 27 heavy (non-hydrogen) atoms. The lowest BCUT2D eigenvalue weighted by Crippen LogP contribution is -2.51. The predicted molar refractivity (Wildman–Crippen MR) is 108 cm³/mol. The number of benzene rings is 1. The Morgan fingerprint density at radius 2 is 1.89 bits per heavy atom. The summed E-state index contributed by atoms with van der Waals surface area (Å²) in [6, 6.07) is 13.7. The van der Waals surface area contributed by atoms with Crippen LogP contribution < -0.4 is 10.6 Å². The molecule has 0 atom stereocenters. The summed E-state index contributed by atoms with van der Waals surface area (Å²) in [5.41, 5.74) is 1.58. The zero-order chi connectivity index (χ0) is 18.7. The van der Waals surface area contributed by atoms with Crippen LogP contribution in [0.15, 0.2) is 53.2 Å². The molecule has 0 radical (unpaired) electrons. The number of hydrogen-bond donors (Lipinski definition) is 2. The number of aromatic nitrogens is 1. The van der Waals surface area contributed by atoms with E-state index in [9.17, 15) is 9.59 Å². The number of carbonyl (C=O) groups excluding carboxylic acids is 2. The van der Waals surface area contributed by atoms with Crippen LogP contribution in [0.2, 0.25) is 0 Å². The van der Waals surface area contributed by atoms with E-state index in [2.05, 4.69) is 27.8 Å². The molecular weight excluding hydrogens is 378 g/mol. The van der Waals surface area contributed by atoms with Crippen molar-refractivity contribution >= 4 is 39.6 Å². The summed E-state index contributed by atoms with van der Waals surface area (Å²) in [4.78, 5) is 29.7. The first-order chi connectivity index (χ1) is 13.1. The van der Waals surface area contributed by atoms with Gasteiger partial charge in [-0.05, 0) is 36.3 Å². The van der Waals surface area contributed by atoms with Crippen molar-refractivity contribution in [1.29, 1.82) is 0 Å². The van der Waals surface area contributed by atoms with Crippen LogP contribution in [0, 0.1) is 0 Å². The van der Waals surface area contributed by atoms with Crippen LogP contribution in [0.5, 0.6) is 0 Å². The summed E-state index contributed by atoms with van der Waals surface area (Å²) >= 11 is 2.71. The second-order valence-corrected chi connectivity index (χ2v) is 8.41. The Balaban J connectivity index is 1.37. The van der Waals surface area contributed by atoms with Gasteiger partial charge in [0, 0.05) is 5.38 Å². The SMILES string of the molecule is O=C(Cc1csc(NC(=O)c2cccs2)n1)NC1(c2ccccc2)CCC1. The van der Waals surface area contributed by atoms with Gasteiger partial charge in [0.2, 0.25) is 5.91 Å². The van der Waals surface area contributed by atoms with Gasteiger partial charge in [0.25, 0.3) is 5.91 Å². The summed E-state index contributed by atoms with van der Waals surface area (Å²) in [6.07, 6.45) is 3.24. The van der Waals surface area contributed by atoms with Crippen molar-refractivity contribution in [2.24, 2.45) is 0 Å². The van der Waals surface area contributed by atoms with Gasteiger partial charge in [-0.1, -0.05) is 36.4 Å². The van der Waals surface area contributed by atoms with E-state index in [0.29, 0.717) is 15.7 Å². The van der Waals surface area contributed by atoms with Crippen molar-refractivity contribution in [3.63, 3.8) is 0 Å². The lowest BCUT2D eigenvalue weighted by Gasteiger charge is -2.43. The van der Waals surface area contributed by atoms with E-state index in [4.69, 9.17) is 0 Å². The highest BCUT2D eigenvalue weighted by molar-refractivity contribution is 7.14. The van der Waals surface area contributed by atoms with Crippen LogP contribution in [0.1, 0.15) is 40.2 Å². The third kappa shape index (κ3) is 3.94. The number of thiophene rings is 1. The lowest BCUT2D eigenvalue weighted by molar-refractivity contribution is -0.123. The monoisotopic (exact) mass is 397 g/mol. The Kier molecular flexibility index (Phi) is 5.05. The third-order valence-electron chi connectivity index (χ3n) is 4.77. The minimum absolute atomic E-state index is 0.0417. The Hall–Kier alpha value is -2.51. The van der Waals surface area contributed by atoms with Crippen molar-refractivity contribution in [2.75, 3.05) is 5.32 Å². The van der Waals surface area contributed by atoms with Gasteiger partial charge in [0.15, 0.2) is 5.13 Å². The number of hydrogen-bond acceptors (Lipinski definition) is 5. The molecule has 0 unspecified atom stereocenters. The number of nitrogens with zero attached hydrogens (tertiary/aromatic N) is 1. The fraction of sp³-hybridized carbons (Fsp3) is 0.250. The average Bonchev–Trinajstić information content (AvgIpc) is 3.31. The highest BCUT2D eigenvalue weighted by Crippen LogP contribution is 2.41. The van der Waals surface area contributed by atoms with E-state index in [1.165, 1.54) is 22.7 Å². The molecule has 3 aromatic rings. The number of amides is 2. The highest BCUT2D eigenvalue weighted by atomic mass is 32.1. The van der Waals surface area contributed by atoms with Gasteiger partial charge in [-0.3, -0.25) is 14.9 Å². The molecule has 2 heterocycles. The van der Waals surface area contributed by atoms with Crippen molar-refractivity contribution in [3.05, 3.63) is 69.4 Å². The standard InChI is InChI=1S/C20H19N3O2S2/c24-17(23-20(9-5-10-20)14-6-2-1-3-7-14)12-15-13-27-19(21-15)22-18(25)16-8-4-11-26-16/h1-4,6-8,11,13H,5,9-10,12H2,(H,23,24)(H,21,22,25). The van der Waals surface area contributed by atoms with Crippen molar-refractivity contribution in [3.8, 4) is 0 Å². The molecule has 1 aliphatic rings. The molecule has 5 nitrogen and oxygen atoms in total. The van der Waals surface area contributed by atoms with Crippen LogP contribution in [0.4, 0.5) is 5.13 Å². The van der Waals surface area contributed by atoms with Gasteiger partial charge in [0.05, 0.1) is 22.5 Å². The first-order valence-electron chi connectivity index (χ1n) is 8.80. The Labute approximate surface area is 165 Å². The molecule has 7 heteroatoms. The van der Waals surface area contributed by atoms with E-state index in [1.54, 1.807) is 6.07 Å². The number of nitrogens with one attached hydrogen (secondary N) is 2. The quantitative estimate of drug-likeness (QED) is 0.655. The third-order valence-corrected chi connectivity index (χ3v) is 6.45. The number of rotatable bonds is 6. The largest absolute Gasteiger partial charge is 0.346 e. The predicted octanol–water partition coefficient (Wildman–Crippen LogP) is 4.20. The molecule has 2 aromatic heterocycles. The molecule has 2 amide bonds. The lowest BCUT2D eigenvalue weighted by atomic mass is 9.71. The van der Waals surface area contributed by atoms with Gasteiger partial charge >= 0.3 is 0 Å². The Morgan fingerprint density at radius 3 is 2.56 bits per heavy atom. The number of carbonyl (C=O) groups is 2. The first-order valence-corrected chi connectivity index (χ1v) is 10.6. The normalized spacial score (nSPS) is 15.0. The summed E-state index contributed by atoms with van der Waals surface area (Å²) < 4.78 is 0. The fourth-order valence-electron chi connectivity index (χ4n) is 3.26. The van der Waals surface area contributed by atoms with Gasteiger partial charge in [-0.15, -0.1) is 22.7 Å². The van der Waals surface area contributed by atoms with E-state index in [-0.39, 0.29) is 23.8 Å². The summed E-state index contributed by atoms with van der Waals surface area (Å²) in [5, 5.41) is 10.2. The van der Waals surface area contributed by atoms with E-state index in [1.807, 2.05) is 35.0 Å². The smallest absolute Gasteiger partial charge is 0.267 e. The van der Waals surface area contributed by atoms with Crippen LogP contribution in [0.3, 0.4) is 0 Å². The molecule has 0 saturated heterocycles. The van der Waals surface area contributed by atoms with E-state index in [0.717, 1.165) is 24.8 Å². The van der Waals surface area contributed by atoms with Gasteiger partial charge in [-0.25, -0.2) is 4.98 Å². The minimum atomic E-state index is -0.245. The maximum absolute atomic E-state index is 12.6. The molecule has 1 saturated carbocycles. The topological polar surface area (TPSA) is 71.1 Å². The van der Waals surface area contributed by atoms with Crippen LogP contribution in [-0.4, -0.2) is 16.8 Å². The van der Waals surface area contributed by atoms with Crippen LogP contribution in [0.25, 0.3) is 0 Å². The minimum Gasteiger partial charge on any atom is -0.346 e. The molecule has 1 aromatic carbocycles. The van der Waals surface area contributed by atoms with E-state index >= 15 is 0 Å². The van der Waals surface area contributed by atoms with Gasteiger partial charge < -0.3 is 5.32 Å². The second-order valence-electron chi connectivity index (χ2n) is 6.60. The maximum atomic E-state index is 12.6. The van der Waals surface area contributed by atoms with E-state index < -0.39 is 0 Å². The molecule has 0 bridgehead atoms. The Bertz CT molecular complexity index is 931. The zero-order valence-corrected chi connectivity index (χ0v) is 16.2. The number of thiazole rings is 1. The molecule has 2 N–H and O–H groups in total. The van der Waals surface area contributed by atoms with Crippen LogP contribution >= 0.6 is 22.7 Å². The summed E-state index contributed by atoms with van der Waals surface area (Å²) in [7, 11) is 0. The average molecular weight is 398 g/mol. The molecule has 1 fully saturated rings. The molecule has 0 aliphatic heterocycles. The number of anilines is 1. The molecule has 138 valence electrons. The molecule has 1 aliphatic carbocycles. The Morgan fingerprint density at radius 1 is 1.07 bits per heavy atom. The summed E-state index contributed by atoms with van der Waals surface area (Å²) in [6.45, 7) is 0. The molecular formula is C20H19N3O2S2. The van der Waals surface area contributed by atoms with Gasteiger partial charge in [0.1, 0.15) is 0 Å². The fourth-order valence-corrected chi connectivity index (χ4v) is 4.59. The highest BCUT2D eigenvalue weighted by Gasteiger charge is 2.39. The van der Waals surface area contributed by atoms with Crippen molar-refractivity contribution in [2.45, 2.75) is 31.2 Å². The van der Waals surface area contributed by atoms with Crippen molar-refractivity contribution < 1.29 is 9.59 Å². The van der Waals surface area contributed by atoms with Crippen LogP contribution in [-0.2, 0) is 16.8 Å². The second kappa shape index (κ2) is 7.62.